The molecule has 26 heavy (non-hydrogen) atoms. The van der Waals surface area contributed by atoms with Gasteiger partial charge in [-0.3, -0.25) is 4.90 Å². The Bertz CT molecular complexity index is 713. The van der Waals surface area contributed by atoms with Gasteiger partial charge < -0.3 is 19.3 Å². The van der Waals surface area contributed by atoms with E-state index in [-0.39, 0.29) is 6.61 Å². The average molecular weight is 361 g/mol. The molecule has 9 nitrogen and oxygen atoms in total. The first-order chi connectivity index (χ1) is 12.6. The molecule has 2 aromatic rings. The highest BCUT2D eigenvalue weighted by atomic mass is 16.5. The molecule has 0 atom stereocenters. The van der Waals surface area contributed by atoms with Crippen molar-refractivity contribution in [1.82, 2.24) is 29.6 Å². The zero-order valence-electron chi connectivity index (χ0n) is 15.7. The molecule has 0 radical (unpaired) electrons. The third-order valence-corrected chi connectivity index (χ3v) is 4.86. The van der Waals surface area contributed by atoms with Gasteiger partial charge in [-0.2, -0.15) is 4.98 Å². The van der Waals surface area contributed by atoms with Crippen LogP contribution in [0.5, 0.6) is 5.88 Å². The van der Waals surface area contributed by atoms with E-state index in [1.54, 1.807) is 19.4 Å². The first-order valence-electron chi connectivity index (χ1n) is 8.92. The minimum absolute atomic E-state index is 0.145. The number of likely N-dealkylation sites (N-methyl/N-ethyl adjacent to an activating group) is 1. The summed E-state index contributed by atoms with van der Waals surface area (Å²) in [5, 5.41) is 17.8. The van der Waals surface area contributed by atoms with Gasteiger partial charge in [-0.15, -0.1) is 10.2 Å². The molecule has 1 fully saturated rings. The summed E-state index contributed by atoms with van der Waals surface area (Å²) in [6, 6.07) is 1.76. The van der Waals surface area contributed by atoms with Crippen molar-refractivity contribution in [3.63, 3.8) is 0 Å². The van der Waals surface area contributed by atoms with E-state index in [1.165, 1.54) is 0 Å². The first-order valence-corrected chi connectivity index (χ1v) is 8.92. The molecule has 3 rings (SSSR count). The summed E-state index contributed by atoms with van der Waals surface area (Å²) in [6.45, 7) is 3.21. The van der Waals surface area contributed by atoms with Crippen molar-refractivity contribution in [1.29, 1.82) is 0 Å². The number of aliphatic hydroxyl groups is 1. The number of nitrogens with zero attached hydrogens (tertiary/aromatic N) is 7. The SMILES string of the molecule is COc1ccnc(N2CCC(c3nnc(CN(C)CCO)n3C)CC2)n1. The Kier molecular flexibility index (Phi) is 6.00. The van der Waals surface area contributed by atoms with E-state index in [2.05, 4.69) is 29.6 Å². The molecule has 3 heterocycles. The minimum Gasteiger partial charge on any atom is -0.481 e. The zero-order chi connectivity index (χ0) is 18.5. The maximum Gasteiger partial charge on any atom is 0.228 e. The summed E-state index contributed by atoms with van der Waals surface area (Å²) in [7, 11) is 5.61. The minimum atomic E-state index is 0.145. The monoisotopic (exact) mass is 361 g/mol. The summed E-state index contributed by atoms with van der Waals surface area (Å²) in [5.41, 5.74) is 0. The van der Waals surface area contributed by atoms with Gasteiger partial charge in [0.05, 0.1) is 20.3 Å². The van der Waals surface area contributed by atoms with Crippen LogP contribution in [0.15, 0.2) is 12.3 Å². The van der Waals surface area contributed by atoms with Crippen LogP contribution in [-0.2, 0) is 13.6 Å². The summed E-state index contributed by atoms with van der Waals surface area (Å²) in [4.78, 5) is 13.0. The Balaban J connectivity index is 1.62. The lowest BCUT2D eigenvalue weighted by Crippen LogP contribution is -2.34. The van der Waals surface area contributed by atoms with Crippen LogP contribution in [0.25, 0.3) is 0 Å². The fraction of sp³-hybridized carbons (Fsp3) is 0.647. The maximum atomic E-state index is 9.04. The lowest BCUT2D eigenvalue weighted by molar-refractivity contribution is 0.213. The molecule has 1 N–H and O–H groups in total. The standard InChI is InChI=1S/C17H27N7O2/c1-22(10-11-25)12-14-20-21-16(23(14)2)13-5-8-24(9-6-13)17-18-7-4-15(19-17)26-3/h4,7,13,25H,5-6,8-12H2,1-3H3. The first kappa shape index (κ1) is 18.5. The number of rotatable bonds is 7. The smallest absolute Gasteiger partial charge is 0.228 e. The van der Waals surface area contributed by atoms with E-state index in [0.29, 0.717) is 30.8 Å². The van der Waals surface area contributed by atoms with E-state index >= 15 is 0 Å². The van der Waals surface area contributed by atoms with Gasteiger partial charge in [0.2, 0.25) is 11.8 Å². The number of anilines is 1. The second kappa shape index (κ2) is 8.41. The second-order valence-corrected chi connectivity index (χ2v) is 6.66. The van der Waals surface area contributed by atoms with Crippen LogP contribution < -0.4 is 9.64 Å². The van der Waals surface area contributed by atoms with E-state index < -0.39 is 0 Å². The van der Waals surface area contributed by atoms with Crippen LogP contribution in [0, 0.1) is 0 Å². The molecular formula is C17H27N7O2. The normalized spacial score (nSPS) is 15.7. The van der Waals surface area contributed by atoms with E-state index in [4.69, 9.17) is 9.84 Å². The number of hydrogen-bond acceptors (Lipinski definition) is 8. The molecule has 1 aliphatic rings. The molecule has 0 unspecified atom stereocenters. The van der Waals surface area contributed by atoms with Gasteiger partial charge in [0.1, 0.15) is 11.6 Å². The largest absolute Gasteiger partial charge is 0.481 e. The molecule has 1 aliphatic heterocycles. The molecule has 0 bridgehead atoms. The fourth-order valence-corrected chi connectivity index (χ4v) is 3.30. The highest BCUT2D eigenvalue weighted by Crippen LogP contribution is 2.28. The fourth-order valence-electron chi connectivity index (χ4n) is 3.30. The van der Waals surface area contributed by atoms with Gasteiger partial charge in [-0.05, 0) is 19.9 Å². The van der Waals surface area contributed by atoms with Crippen LogP contribution in [0.4, 0.5) is 5.95 Å². The van der Waals surface area contributed by atoms with Crippen molar-refractivity contribution in [3.8, 4) is 5.88 Å². The van der Waals surface area contributed by atoms with Gasteiger partial charge in [0.15, 0.2) is 0 Å². The third-order valence-electron chi connectivity index (χ3n) is 4.86. The van der Waals surface area contributed by atoms with E-state index in [0.717, 1.165) is 37.6 Å². The highest BCUT2D eigenvalue weighted by Gasteiger charge is 2.26. The van der Waals surface area contributed by atoms with Crippen molar-refractivity contribution in [2.75, 3.05) is 45.3 Å². The quantitative estimate of drug-likeness (QED) is 0.759. The van der Waals surface area contributed by atoms with Crippen LogP contribution in [0.3, 0.4) is 0 Å². The van der Waals surface area contributed by atoms with Crippen molar-refractivity contribution in [2.24, 2.45) is 7.05 Å². The Morgan fingerprint density at radius 2 is 2.08 bits per heavy atom. The topological polar surface area (TPSA) is 92.4 Å². The number of piperidine rings is 1. The van der Waals surface area contributed by atoms with Crippen molar-refractivity contribution < 1.29 is 9.84 Å². The van der Waals surface area contributed by atoms with E-state index in [9.17, 15) is 0 Å². The Labute approximate surface area is 153 Å². The van der Waals surface area contributed by atoms with Gasteiger partial charge in [-0.1, -0.05) is 0 Å². The third kappa shape index (κ3) is 4.10. The number of ether oxygens (including phenoxy) is 1. The molecule has 0 saturated carbocycles. The molecule has 0 aromatic carbocycles. The maximum absolute atomic E-state index is 9.04. The van der Waals surface area contributed by atoms with Crippen LogP contribution in [0.1, 0.15) is 30.4 Å². The zero-order valence-corrected chi connectivity index (χ0v) is 15.7. The number of aromatic nitrogens is 5. The summed E-state index contributed by atoms with van der Waals surface area (Å²) < 4.78 is 7.28. The molecule has 1 saturated heterocycles. The Morgan fingerprint density at radius 1 is 1.31 bits per heavy atom. The predicted octanol–water partition coefficient (Wildman–Crippen LogP) is 0.422. The summed E-state index contributed by atoms with van der Waals surface area (Å²) in [5.74, 6) is 3.64. The molecule has 2 aromatic heterocycles. The van der Waals surface area contributed by atoms with Gasteiger partial charge >= 0.3 is 0 Å². The number of hydrogen-bond donors (Lipinski definition) is 1. The van der Waals surface area contributed by atoms with Crippen molar-refractivity contribution in [2.45, 2.75) is 25.3 Å². The number of methoxy groups -OCH3 is 1. The lowest BCUT2D eigenvalue weighted by atomic mass is 9.96. The summed E-state index contributed by atoms with van der Waals surface area (Å²) in [6.07, 6.45) is 3.70. The Hall–Kier alpha value is -2.26. The molecule has 0 amide bonds. The van der Waals surface area contributed by atoms with Gasteiger partial charge in [-0.25, -0.2) is 4.98 Å². The molecule has 9 heteroatoms. The highest BCUT2D eigenvalue weighted by molar-refractivity contribution is 5.33. The van der Waals surface area contributed by atoms with Gasteiger partial charge in [0, 0.05) is 44.9 Å². The predicted molar refractivity (Wildman–Crippen MR) is 97.2 cm³/mol. The van der Waals surface area contributed by atoms with E-state index in [1.807, 2.05) is 19.0 Å². The van der Waals surface area contributed by atoms with Crippen molar-refractivity contribution in [3.05, 3.63) is 23.9 Å². The summed E-state index contributed by atoms with van der Waals surface area (Å²) >= 11 is 0. The average Bonchev–Trinajstić information content (AvgIpc) is 3.02. The van der Waals surface area contributed by atoms with Gasteiger partial charge in [0.25, 0.3) is 0 Å². The molecule has 0 aliphatic carbocycles. The molecule has 142 valence electrons. The van der Waals surface area contributed by atoms with Crippen LogP contribution in [0.2, 0.25) is 0 Å². The molecular weight excluding hydrogens is 334 g/mol. The second-order valence-electron chi connectivity index (χ2n) is 6.66. The lowest BCUT2D eigenvalue weighted by Gasteiger charge is -2.31. The van der Waals surface area contributed by atoms with Crippen LogP contribution >= 0.6 is 0 Å². The van der Waals surface area contributed by atoms with Crippen LogP contribution in [-0.4, -0.2) is 75.1 Å². The van der Waals surface area contributed by atoms with Crippen molar-refractivity contribution >= 4 is 5.95 Å². The number of aliphatic hydroxyl groups excluding tert-OH is 1. The molecule has 0 spiro atoms. The Morgan fingerprint density at radius 3 is 2.77 bits per heavy atom.